The predicted molar refractivity (Wildman–Crippen MR) is 90.7 cm³/mol. The third-order valence-electron chi connectivity index (χ3n) is 2.83. The summed E-state index contributed by atoms with van der Waals surface area (Å²) in [5.74, 6) is -0.597. The topological polar surface area (TPSA) is 68.3 Å². The molecule has 7 heteroatoms. The van der Waals surface area contributed by atoms with E-state index in [1.165, 1.54) is 11.3 Å². The normalized spacial score (nSPS) is 10.6. The average Bonchev–Trinajstić information content (AvgIpc) is 3.00. The van der Waals surface area contributed by atoms with Crippen LogP contribution in [0, 0.1) is 5.92 Å². The van der Waals surface area contributed by atoms with Gasteiger partial charge in [-0.1, -0.05) is 37.6 Å². The molecule has 0 aliphatic heterocycles. The lowest BCUT2D eigenvalue weighted by Crippen LogP contribution is -2.31. The Morgan fingerprint density at radius 1 is 1.39 bits per heavy atom. The second-order valence-electron chi connectivity index (χ2n) is 5.32. The van der Waals surface area contributed by atoms with E-state index in [2.05, 4.69) is 10.3 Å². The van der Waals surface area contributed by atoms with Gasteiger partial charge in [0.25, 0.3) is 5.91 Å². The molecule has 1 amide bonds. The number of hydrogen-bond donors (Lipinski definition) is 1. The first kappa shape index (κ1) is 17.4. The van der Waals surface area contributed by atoms with E-state index in [1.807, 2.05) is 26.0 Å². The van der Waals surface area contributed by atoms with Gasteiger partial charge in [-0.3, -0.25) is 4.79 Å². The summed E-state index contributed by atoms with van der Waals surface area (Å²) >= 11 is 7.26. The van der Waals surface area contributed by atoms with Gasteiger partial charge in [0.2, 0.25) is 0 Å². The summed E-state index contributed by atoms with van der Waals surface area (Å²) in [6.07, 6.45) is 0. The number of esters is 1. The number of benzene rings is 1. The van der Waals surface area contributed by atoms with Crippen LogP contribution in [0.15, 0.2) is 29.6 Å². The van der Waals surface area contributed by atoms with Gasteiger partial charge < -0.3 is 10.1 Å². The molecule has 0 radical (unpaired) electrons. The van der Waals surface area contributed by atoms with Crippen LogP contribution in [0.4, 0.5) is 0 Å². The number of amides is 1. The van der Waals surface area contributed by atoms with E-state index in [1.54, 1.807) is 17.5 Å². The molecule has 0 spiro atoms. The van der Waals surface area contributed by atoms with E-state index >= 15 is 0 Å². The van der Waals surface area contributed by atoms with E-state index in [-0.39, 0.29) is 18.2 Å². The minimum absolute atomic E-state index is 0.182. The highest BCUT2D eigenvalue weighted by Crippen LogP contribution is 2.26. The molecule has 0 aliphatic carbocycles. The molecule has 1 aromatic heterocycles. The third kappa shape index (κ3) is 5.33. The SMILES string of the molecule is CC(C)CNC(=O)COC(=O)c1csc(-c2cccc(Cl)c2)n1. The minimum Gasteiger partial charge on any atom is -0.451 e. The Labute approximate surface area is 143 Å². The molecule has 0 aliphatic rings. The number of hydrogen-bond acceptors (Lipinski definition) is 5. The molecule has 1 aromatic carbocycles. The molecule has 2 rings (SSSR count). The van der Waals surface area contributed by atoms with Crippen LogP contribution in [-0.2, 0) is 9.53 Å². The average molecular weight is 353 g/mol. The molecule has 0 fully saturated rings. The Bertz CT molecular complexity index is 700. The number of halogens is 1. The Morgan fingerprint density at radius 3 is 2.87 bits per heavy atom. The number of carbonyl (C=O) groups is 2. The van der Waals surface area contributed by atoms with Crippen LogP contribution < -0.4 is 5.32 Å². The molecule has 0 saturated heterocycles. The van der Waals surface area contributed by atoms with Crippen molar-refractivity contribution in [2.75, 3.05) is 13.2 Å². The van der Waals surface area contributed by atoms with Crippen molar-refractivity contribution in [2.45, 2.75) is 13.8 Å². The third-order valence-corrected chi connectivity index (χ3v) is 3.95. The number of aromatic nitrogens is 1. The quantitative estimate of drug-likeness (QED) is 0.809. The Balaban J connectivity index is 1.92. The first-order valence-electron chi connectivity index (χ1n) is 7.11. The summed E-state index contributed by atoms with van der Waals surface area (Å²) in [6.45, 7) is 4.21. The molecule has 0 atom stereocenters. The van der Waals surface area contributed by atoms with Crippen molar-refractivity contribution in [3.8, 4) is 10.6 Å². The van der Waals surface area contributed by atoms with Gasteiger partial charge in [0.1, 0.15) is 5.01 Å². The molecular weight excluding hydrogens is 336 g/mol. The maximum Gasteiger partial charge on any atom is 0.358 e. The molecule has 0 bridgehead atoms. The molecule has 5 nitrogen and oxygen atoms in total. The van der Waals surface area contributed by atoms with E-state index in [0.717, 1.165) is 5.56 Å². The van der Waals surface area contributed by atoms with E-state index in [0.29, 0.717) is 22.5 Å². The van der Waals surface area contributed by atoms with Gasteiger partial charge >= 0.3 is 5.97 Å². The highest BCUT2D eigenvalue weighted by atomic mass is 35.5. The Morgan fingerprint density at radius 2 is 2.17 bits per heavy atom. The van der Waals surface area contributed by atoms with Crippen molar-refractivity contribution < 1.29 is 14.3 Å². The van der Waals surface area contributed by atoms with Crippen molar-refractivity contribution in [3.63, 3.8) is 0 Å². The standard InChI is InChI=1S/C16H17ClN2O3S/c1-10(2)7-18-14(20)8-22-16(21)13-9-23-15(19-13)11-4-3-5-12(17)6-11/h3-6,9-10H,7-8H2,1-2H3,(H,18,20). The highest BCUT2D eigenvalue weighted by Gasteiger charge is 2.15. The van der Waals surface area contributed by atoms with Gasteiger partial charge in [-0.2, -0.15) is 0 Å². The van der Waals surface area contributed by atoms with Gasteiger partial charge in [0.05, 0.1) is 0 Å². The van der Waals surface area contributed by atoms with Gasteiger partial charge in [0.15, 0.2) is 12.3 Å². The van der Waals surface area contributed by atoms with Crippen molar-refractivity contribution >= 4 is 34.8 Å². The predicted octanol–water partition coefficient (Wildman–Crippen LogP) is 3.39. The minimum atomic E-state index is -0.616. The van der Waals surface area contributed by atoms with Gasteiger partial charge in [0, 0.05) is 22.5 Å². The van der Waals surface area contributed by atoms with Crippen LogP contribution in [0.5, 0.6) is 0 Å². The van der Waals surface area contributed by atoms with Crippen LogP contribution in [-0.4, -0.2) is 30.0 Å². The van der Waals surface area contributed by atoms with Crippen molar-refractivity contribution in [1.82, 2.24) is 10.3 Å². The first-order valence-corrected chi connectivity index (χ1v) is 8.36. The molecule has 122 valence electrons. The lowest BCUT2D eigenvalue weighted by molar-refractivity contribution is -0.124. The van der Waals surface area contributed by atoms with E-state index < -0.39 is 5.97 Å². The van der Waals surface area contributed by atoms with E-state index in [9.17, 15) is 9.59 Å². The zero-order chi connectivity index (χ0) is 16.8. The summed E-state index contributed by atoms with van der Waals surface area (Å²) < 4.78 is 4.96. The fourth-order valence-corrected chi connectivity index (χ4v) is 2.67. The smallest absolute Gasteiger partial charge is 0.358 e. The zero-order valence-electron chi connectivity index (χ0n) is 12.8. The van der Waals surface area contributed by atoms with Crippen molar-refractivity contribution in [1.29, 1.82) is 0 Å². The first-order chi connectivity index (χ1) is 11.0. The number of thiazole rings is 1. The Hall–Kier alpha value is -1.92. The maximum atomic E-state index is 11.9. The van der Waals surface area contributed by atoms with E-state index in [4.69, 9.17) is 16.3 Å². The fraction of sp³-hybridized carbons (Fsp3) is 0.312. The monoisotopic (exact) mass is 352 g/mol. The van der Waals surface area contributed by atoms with Crippen LogP contribution in [0.2, 0.25) is 5.02 Å². The van der Waals surface area contributed by atoms with Crippen molar-refractivity contribution in [2.24, 2.45) is 5.92 Å². The molecule has 0 saturated carbocycles. The van der Waals surface area contributed by atoms with Crippen LogP contribution in [0.1, 0.15) is 24.3 Å². The lowest BCUT2D eigenvalue weighted by atomic mass is 10.2. The maximum absolute atomic E-state index is 11.9. The van der Waals surface area contributed by atoms with Crippen LogP contribution in [0.25, 0.3) is 10.6 Å². The zero-order valence-corrected chi connectivity index (χ0v) is 14.4. The number of rotatable bonds is 6. The lowest BCUT2D eigenvalue weighted by Gasteiger charge is -2.07. The molecule has 23 heavy (non-hydrogen) atoms. The van der Waals surface area contributed by atoms with Gasteiger partial charge in [-0.05, 0) is 18.1 Å². The summed E-state index contributed by atoms with van der Waals surface area (Å²) in [4.78, 5) is 27.7. The number of carbonyl (C=O) groups excluding carboxylic acids is 2. The molecule has 2 aromatic rings. The number of nitrogens with zero attached hydrogens (tertiary/aromatic N) is 1. The number of nitrogens with one attached hydrogen (secondary N) is 1. The van der Waals surface area contributed by atoms with Gasteiger partial charge in [-0.25, -0.2) is 9.78 Å². The number of ether oxygens (including phenoxy) is 1. The van der Waals surface area contributed by atoms with Crippen LogP contribution in [0.3, 0.4) is 0 Å². The van der Waals surface area contributed by atoms with Crippen molar-refractivity contribution in [3.05, 3.63) is 40.4 Å². The highest BCUT2D eigenvalue weighted by molar-refractivity contribution is 7.13. The second kappa shape index (κ2) is 8.08. The molecular formula is C16H17ClN2O3S. The fourth-order valence-electron chi connectivity index (χ4n) is 1.70. The molecule has 1 N–H and O–H groups in total. The largest absolute Gasteiger partial charge is 0.451 e. The summed E-state index contributed by atoms with van der Waals surface area (Å²) in [5, 5.41) is 5.55. The molecule has 1 heterocycles. The second-order valence-corrected chi connectivity index (χ2v) is 6.62. The summed E-state index contributed by atoms with van der Waals surface area (Å²) in [7, 11) is 0. The summed E-state index contributed by atoms with van der Waals surface area (Å²) in [5.41, 5.74) is 1.01. The Kier molecular flexibility index (Phi) is 6.12. The van der Waals surface area contributed by atoms with Gasteiger partial charge in [-0.15, -0.1) is 11.3 Å². The summed E-state index contributed by atoms with van der Waals surface area (Å²) in [6, 6.07) is 7.22. The molecule has 0 unspecified atom stereocenters. The van der Waals surface area contributed by atoms with Crippen LogP contribution >= 0.6 is 22.9 Å².